The van der Waals surface area contributed by atoms with E-state index in [4.69, 9.17) is 0 Å². The van der Waals surface area contributed by atoms with Gasteiger partial charge in [-0.2, -0.15) is 0 Å². The number of nitrogens with zero attached hydrogens (tertiary/aromatic N) is 2. The third kappa shape index (κ3) is 2.13. The summed E-state index contributed by atoms with van der Waals surface area (Å²) in [4.78, 5) is 28.9. The van der Waals surface area contributed by atoms with Gasteiger partial charge in [-0.3, -0.25) is 4.79 Å². The van der Waals surface area contributed by atoms with E-state index in [9.17, 15) is 9.59 Å². The predicted octanol–water partition coefficient (Wildman–Crippen LogP) is 3.45. The Morgan fingerprint density at radius 3 is 2.57 bits per heavy atom. The van der Waals surface area contributed by atoms with E-state index in [0.717, 1.165) is 17.5 Å². The van der Waals surface area contributed by atoms with E-state index >= 15 is 0 Å². The molecule has 116 valence electrons. The van der Waals surface area contributed by atoms with E-state index < -0.39 is 0 Å². The molecule has 4 rings (SSSR count). The van der Waals surface area contributed by atoms with Gasteiger partial charge in [-0.25, -0.2) is 9.69 Å². The fourth-order valence-corrected chi connectivity index (χ4v) is 3.64. The number of aryl methyl sites for hydroxylation is 1. The number of hydrogen-bond donors (Lipinski definition) is 0. The molecule has 0 aromatic heterocycles. The van der Waals surface area contributed by atoms with E-state index in [1.807, 2.05) is 54.3 Å². The summed E-state index contributed by atoms with van der Waals surface area (Å²) in [6.45, 7) is 2.59. The number of amides is 3. The predicted molar refractivity (Wildman–Crippen MR) is 88.3 cm³/mol. The molecule has 1 atom stereocenters. The van der Waals surface area contributed by atoms with Gasteiger partial charge in [0.2, 0.25) is 5.91 Å². The summed E-state index contributed by atoms with van der Waals surface area (Å²) in [6, 6.07) is 15.3. The van der Waals surface area contributed by atoms with Crippen LogP contribution in [-0.4, -0.2) is 23.4 Å². The lowest BCUT2D eigenvalue weighted by atomic mass is 9.89. The normalized spacial score (nSPS) is 20.3. The molecule has 1 fully saturated rings. The molecule has 4 nitrogen and oxygen atoms in total. The third-order valence-corrected chi connectivity index (χ3v) is 4.82. The Morgan fingerprint density at radius 2 is 1.74 bits per heavy atom. The van der Waals surface area contributed by atoms with Crippen LogP contribution in [0.2, 0.25) is 0 Å². The Kier molecular flexibility index (Phi) is 3.18. The fraction of sp³-hybridized carbons (Fsp3) is 0.263. The second kappa shape index (κ2) is 5.23. The van der Waals surface area contributed by atoms with Gasteiger partial charge in [0.05, 0.1) is 18.2 Å². The number of imide groups is 1. The highest BCUT2D eigenvalue weighted by Crippen LogP contribution is 2.38. The molecule has 0 bridgehead atoms. The Hall–Kier alpha value is -2.62. The van der Waals surface area contributed by atoms with Crippen LogP contribution in [0.1, 0.15) is 29.2 Å². The molecular formula is C19H18N2O2. The Balaban J connectivity index is 1.74. The summed E-state index contributed by atoms with van der Waals surface area (Å²) in [5.74, 6) is -0.123. The maximum Gasteiger partial charge on any atom is 0.331 e. The van der Waals surface area contributed by atoms with Crippen molar-refractivity contribution in [2.24, 2.45) is 0 Å². The highest BCUT2D eigenvalue weighted by molar-refractivity contribution is 6.16. The average Bonchev–Trinajstić information content (AvgIpc) is 2.56. The molecule has 2 aromatic rings. The minimum absolute atomic E-state index is 0.123. The molecule has 0 spiro atoms. The molecule has 23 heavy (non-hydrogen) atoms. The van der Waals surface area contributed by atoms with Crippen LogP contribution < -0.4 is 4.90 Å². The number of para-hydroxylation sites is 1. The van der Waals surface area contributed by atoms with Crippen molar-refractivity contribution in [1.29, 1.82) is 0 Å². The van der Waals surface area contributed by atoms with Gasteiger partial charge in [0, 0.05) is 6.54 Å². The van der Waals surface area contributed by atoms with Crippen molar-refractivity contribution < 1.29 is 9.59 Å². The van der Waals surface area contributed by atoms with Crippen molar-refractivity contribution in [2.45, 2.75) is 25.8 Å². The summed E-state index contributed by atoms with van der Waals surface area (Å²) < 4.78 is 0. The molecule has 0 radical (unpaired) electrons. The second-order valence-corrected chi connectivity index (χ2v) is 6.16. The smallest absolute Gasteiger partial charge is 0.316 e. The van der Waals surface area contributed by atoms with Gasteiger partial charge in [0.1, 0.15) is 0 Å². The first-order chi connectivity index (χ1) is 11.2. The average molecular weight is 306 g/mol. The third-order valence-electron chi connectivity index (χ3n) is 4.82. The zero-order valence-corrected chi connectivity index (χ0v) is 13.0. The molecule has 3 amide bonds. The van der Waals surface area contributed by atoms with E-state index in [-0.39, 0.29) is 18.0 Å². The van der Waals surface area contributed by atoms with Crippen molar-refractivity contribution in [1.82, 2.24) is 4.90 Å². The Bertz CT molecular complexity index is 799. The number of carbonyl (C=O) groups excluding carboxylic acids is 2. The van der Waals surface area contributed by atoms with E-state index in [1.54, 1.807) is 0 Å². The summed E-state index contributed by atoms with van der Waals surface area (Å²) in [6.07, 6.45) is 1.19. The van der Waals surface area contributed by atoms with Crippen molar-refractivity contribution in [2.75, 3.05) is 11.4 Å². The van der Waals surface area contributed by atoms with Crippen LogP contribution in [0.25, 0.3) is 0 Å². The summed E-state index contributed by atoms with van der Waals surface area (Å²) >= 11 is 0. The molecule has 2 aliphatic heterocycles. The molecule has 1 unspecified atom stereocenters. The van der Waals surface area contributed by atoms with Crippen LogP contribution in [0.3, 0.4) is 0 Å². The molecule has 2 aliphatic rings. The Labute approximate surface area is 135 Å². The number of urea groups is 1. The van der Waals surface area contributed by atoms with Gasteiger partial charge in [-0.05, 0) is 36.1 Å². The molecule has 0 saturated carbocycles. The van der Waals surface area contributed by atoms with Crippen LogP contribution in [-0.2, 0) is 11.2 Å². The van der Waals surface area contributed by atoms with Crippen molar-refractivity contribution >= 4 is 17.6 Å². The summed E-state index contributed by atoms with van der Waals surface area (Å²) in [5.41, 5.74) is 3.99. The molecule has 1 saturated heterocycles. The van der Waals surface area contributed by atoms with Gasteiger partial charge in [-0.1, -0.05) is 42.5 Å². The molecule has 0 aliphatic carbocycles. The standard InChI is InChI=1S/C19H18N2O2/c1-13-6-2-5-9-16(13)21-18(22)12-17-15-8-4-3-7-14(15)10-11-20(17)19(21)23/h2-9,17H,10-12H2,1H3. The fourth-order valence-electron chi connectivity index (χ4n) is 3.64. The molecule has 4 heteroatoms. The van der Waals surface area contributed by atoms with Crippen LogP contribution >= 0.6 is 0 Å². The van der Waals surface area contributed by atoms with Crippen molar-refractivity contribution in [3.63, 3.8) is 0 Å². The monoisotopic (exact) mass is 306 g/mol. The maximum absolute atomic E-state index is 13.0. The lowest BCUT2D eigenvalue weighted by molar-refractivity contribution is -0.120. The first-order valence-electron chi connectivity index (χ1n) is 7.94. The SMILES string of the molecule is Cc1ccccc1N1C(=O)CC2c3ccccc3CCN2C1=O. The highest BCUT2D eigenvalue weighted by Gasteiger charge is 2.42. The van der Waals surface area contributed by atoms with Crippen LogP contribution in [0.5, 0.6) is 0 Å². The number of benzene rings is 2. The lowest BCUT2D eigenvalue weighted by Gasteiger charge is -2.43. The number of rotatable bonds is 1. The first-order valence-corrected chi connectivity index (χ1v) is 7.94. The summed E-state index contributed by atoms with van der Waals surface area (Å²) in [7, 11) is 0. The van der Waals surface area contributed by atoms with Crippen LogP contribution in [0.4, 0.5) is 10.5 Å². The van der Waals surface area contributed by atoms with E-state index in [2.05, 4.69) is 6.07 Å². The number of hydrogen-bond acceptors (Lipinski definition) is 2. The van der Waals surface area contributed by atoms with Crippen LogP contribution in [0.15, 0.2) is 48.5 Å². The Morgan fingerprint density at radius 1 is 1.00 bits per heavy atom. The first kappa shape index (κ1) is 14.0. The molecule has 2 aromatic carbocycles. The van der Waals surface area contributed by atoms with Crippen molar-refractivity contribution in [3.05, 3.63) is 65.2 Å². The minimum atomic E-state index is -0.199. The maximum atomic E-state index is 13.0. The topological polar surface area (TPSA) is 40.6 Å². The zero-order valence-electron chi connectivity index (χ0n) is 13.0. The van der Waals surface area contributed by atoms with Gasteiger partial charge in [-0.15, -0.1) is 0 Å². The highest BCUT2D eigenvalue weighted by atomic mass is 16.2. The molecular weight excluding hydrogens is 288 g/mol. The molecule has 2 heterocycles. The largest absolute Gasteiger partial charge is 0.331 e. The van der Waals surface area contributed by atoms with Gasteiger partial charge >= 0.3 is 6.03 Å². The number of carbonyl (C=O) groups is 2. The van der Waals surface area contributed by atoms with Crippen LogP contribution in [0, 0.1) is 6.92 Å². The quantitative estimate of drug-likeness (QED) is 0.809. The molecule has 0 N–H and O–H groups in total. The summed E-state index contributed by atoms with van der Waals surface area (Å²) in [5, 5.41) is 0. The van der Waals surface area contributed by atoms with E-state index in [0.29, 0.717) is 18.7 Å². The number of anilines is 1. The zero-order chi connectivity index (χ0) is 16.0. The van der Waals surface area contributed by atoms with Gasteiger partial charge < -0.3 is 4.90 Å². The second-order valence-electron chi connectivity index (χ2n) is 6.16. The number of fused-ring (bicyclic) bond motifs is 3. The van der Waals surface area contributed by atoms with Gasteiger partial charge in [0.25, 0.3) is 0 Å². The van der Waals surface area contributed by atoms with E-state index in [1.165, 1.54) is 10.5 Å². The minimum Gasteiger partial charge on any atom is -0.316 e. The lowest BCUT2D eigenvalue weighted by Crippen LogP contribution is -2.55. The van der Waals surface area contributed by atoms with Gasteiger partial charge in [0.15, 0.2) is 0 Å². The van der Waals surface area contributed by atoms with Crippen molar-refractivity contribution in [3.8, 4) is 0 Å².